The Morgan fingerprint density at radius 1 is 0.914 bits per heavy atom. The third-order valence-corrected chi connectivity index (χ3v) is 5.35. The lowest BCUT2D eigenvalue weighted by atomic mass is 10.0. The van der Waals surface area contributed by atoms with Crippen molar-refractivity contribution in [3.8, 4) is 5.75 Å². The summed E-state index contributed by atoms with van der Waals surface area (Å²) in [6.07, 6.45) is 1.38. The first-order chi connectivity index (χ1) is 16.5. The molecule has 1 rings (SSSR count). The Morgan fingerprint density at radius 2 is 1.49 bits per heavy atom. The van der Waals surface area contributed by atoms with Crippen molar-refractivity contribution in [2.45, 2.75) is 63.7 Å². The molecule has 0 saturated carbocycles. The number of rotatable bonds is 15. The van der Waals surface area contributed by atoms with Gasteiger partial charge in [0.1, 0.15) is 23.9 Å². The molecule has 0 aliphatic heterocycles. The first-order valence-corrected chi connectivity index (χ1v) is 11.5. The molecule has 0 fully saturated rings. The van der Waals surface area contributed by atoms with Crippen LogP contribution in [0.1, 0.15) is 38.7 Å². The van der Waals surface area contributed by atoms with Gasteiger partial charge < -0.3 is 42.7 Å². The number of aliphatic carboxylic acids is 1. The summed E-state index contributed by atoms with van der Waals surface area (Å²) in [4.78, 5) is 49.4. The second-order valence-corrected chi connectivity index (χ2v) is 8.63. The average molecular weight is 496 g/mol. The highest BCUT2D eigenvalue weighted by Gasteiger charge is 2.31. The van der Waals surface area contributed by atoms with Gasteiger partial charge in [0.25, 0.3) is 0 Å². The molecule has 0 saturated heterocycles. The van der Waals surface area contributed by atoms with E-state index in [9.17, 15) is 34.5 Å². The third-order valence-electron chi connectivity index (χ3n) is 5.35. The van der Waals surface area contributed by atoms with E-state index in [2.05, 4.69) is 16.0 Å². The van der Waals surface area contributed by atoms with E-state index in [1.165, 1.54) is 12.1 Å². The van der Waals surface area contributed by atoms with Gasteiger partial charge in [0.05, 0.1) is 12.6 Å². The van der Waals surface area contributed by atoms with Crippen LogP contribution < -0.4 is 27.4 Å². The highest BCUT2D eigenvalue weighted by atomic mass is 16.4. The Kier molecular flexibility index (Phi) is 12.7. The van der Waals surface area contributed by atoms with Crippen molar-refractivity contribution >= 4 is 23.7 Å². The maximum absolute atomic E-state index is 12.8. The molecule has 1 aromatic rings. The highest BCUT2D eigenvalue weighted by molar-refractivity contribution is 5.94. The minimum absolute atomic E-state index is 0.0666. The van der Waals surface area contributed by atoms with Crippen LogP contribution in [0.5, 0.6) is 5.75 Å². The van der Waals surface area contributed by atoms with Crippen LogP contribution in [0, 0.1) is 5.92 Å². The second-order valence-electron chi connectivity index (χ2n) is 8.63. The van der Waals surface area contributed by atoms with Gasteiger partial charge in [-0.2, -0.15) is 0 Å². The van der Waals surface area contributed by atoms with Crippen molar-refractivity contribution in [1.29, 1.82) is 0 Å². The predicted molar refractivity (Wildman–Crippen MR) is 128 cm³/mol. The molecule has 4 atom stereocenters. The van der Waals surface area contributed by atoms with Crippen molar-refractivity contribution in [3.05, 3.63) is 29.8 Å². The van der Waals surface area contributed by atoms with E-state index < -0.39 is 60.4 Å². The lowest BCUT2D eigenvalue weighted by molar-refractivity contribution is -0.143. The van der Waals surface area contributed by atoms with E-state index in [1.807, 2.05) is 0 Å². The number of hydrogen-bond donors (Lipinski definition) is 8. The van der Waals surface area contributed by atoms with Gasteiger partial charge in [0.15, 0.2) is 0 Å². The third kappa shape index (κ3) is 10.3. The van der Waals surface area contributed by atoms with Gasteiger partial charge in [-0.3, -0.25) is 14.4 Å². The van der Waals surface area contributed by atoms with Gasteiger partial charge in [-0.15, -0.1) is 0 Å². The normalized spacial score (nSPS) is 14.5. The number of aliphatic hydroxyl groups is 1. The summed E-state index contributed by atoms with van der Waals surface area (Å²) in [6, 6.07) is 1.46. The van der Waals surface area contributed by atoms with Crippen LogP contribution >= 0.6 is 0 Å². The molecule has 196 valence electrons. The van der Waals surface area contributed by atoms with E-state index in [0.717, 1.165) is 0 Å². The topological polar surface area (TPSA) is 217 Å². The zero-order chi connectivity index (χ0) is 26.5. The molecule has 3 amide bonds. The fraction of sp³-hybridized carbons (Fsp3) is 0.565. The van der Waals surface area contributed by atoms with Crippen LogP contribution in [0.25, 0.3) is 0 Å². The van der Waals surface area contributed by atoms with Crippen molar-refractivity contribution < 1.29 is 34.5 Å². The number of aromatic hydroxyl groups is 1. The lowest BCUT2D eigenvalue weighted by Gasteiger charge is -2.25. The first-order valence-electron chi connectivity index (χ1n) is 11.5. The van der Waals surface area contributed by atoms with Crippen LogP contribution in [0.2, 0.25) is 0 Å². The fourth-order valence-corrected chi connectivity index (χ4v) is 3.25. The van der Waals surface area contributed by atoms with E-state index in [4.69, 9.17) is 11.5 Å². The standard InChI is InChI=1S/C23H37N5O7/c1-13(2)19(23(34)35)28-21(32)17(5-3-4-10-24)26-22(33)18(12-29)27-20(31)16(25)11-14-6-8-15(30)9-7-14/h6-9,13,16-19,29-30H,3-5,10-12,24-25H2,1-2H3,(H,26,33)(H,27,31)(H,28,32)(H,34,35)/t16-,17-,18-,19-/m0/s1. The number of phenols is 1. The molecule has 10 N–H and O–H groups in total. The summed E-state index contributed by atoms with van der Waals surface area (Å²) in [6.45, 7) is 2.91. The largest absolute Gasteiger partial charge is 0.508 e. The zero-order valence-electron chi connectivity index (χ0n) is 20.1. The number of phenolic OH excluding ortho intramolecular Hbond substituents is 1. The number of carbonyl (C=O) groups is 4. The number of unbranched alkanes of at least 4 members (excludes halogenated alkanes) is 1. The van der Waals surface area contributed by atoms with Gasteiger partial charge in [-0.1, -0.05) is 26.0 Å². The maximum Gasteiger partial charge on any atom is 0.326 e. The molecule has 0 spiro atoms. The van der Waals surface area contributed by atoms with Crippen LogP contribution in [0.3, 0.4) is 0 Å². The minimum atomic E-state index is -1.38. The zero-order valence-corrected chi connectivity index (χ0v) is 20.1. The number of aliphatic hydroxyl groups excluding tert-OH is 1. The van der Waals surface area contributed by atoms with Gasteiger partial charge in [0.2, 0.25) is 17.7 Å². The van der Waals surface area contributed by atoms with Crippen molar-refractivity contribution in [1.82, 2.24) is 16.0 Å². The quantitative estimate of drug-likeness (QED) is 0.134. The SMILES string of the molecule is CC(C)[C@H](NC(=O)[C@H](CCCCN)NC(=O)[C@H](CO)NC(=O)[C@@H](N)Cc1ccc(O)cc1)C(=O)O. The first kappa shape index (κ1) is 29.8. The smallest absolute Gasteiger partial charge is 0.326 e. The van der Waals surface area contributed by atoms with E-state index in [1.54, 1.807) is 26.0 Å². The summed E-state index contributed by atoms with van der Waals surface area (Å²) in [5.74, 6) is -3.73. The monoisotopic (exact) mass is 495 g/mol. The van der Waals surface area contributed by atoms with Crippen LogP contribution in [-0.4, -0.2) is 76.3 Å². The van der Waals surface area contributed by atoms with Gasteiger partial charge in [0, 0.05) is 0 Å². The molecule has 0 aromatic heterocycles. The number of carboxylic acids is 1. The van der Waals surface area contributed by atoms with Gasteiger partial charge >= 0.3 is 5.97 Å². The highest BCUT2D eigenvalue weighted by Crippen LogP contribution is 2.11. The number of amides is 3. The number of nitrogens with two attached hydrogens (primary N) is 2. The summed E-state index contributed by atoms with van der Waals surface area (Å²) < 4.78 is 0. The predicted octanol–water partition coefficient (Wildman–Crippen LogP) is -1.42. The Balaban J connectivity index is 2.83. The Bertz CT molecular complexity index is 847. The van der Waals surface area contributed by atoms with Gasteiger partial charge in [-0.05, 0) is 55.8 Å². The number of carboxylic acid groups (broad SMARTS) is 1. The minimum Gasteiger partial charge on any atom is -0.508 e. The molecule has 0 radical (unpaired) electrons. The molecule has 0 heterocycles. The van der Waals surface area contributed by atoms with Crippen molar-refractivity contribution in [2.75, 3.05) is 13.2 Å². The molecule has 35 heavy (non-hydrogen) atoms. The van der Waals surface area contributed by atoms with E-state index in [-0.39, 0.29) is 18.6 Å². The molecule has 12 nitrogen and oxygen atoms in total. The lowest BCUT2D eigenvalue weighted by Crippen LogP contribution is -2.58. The number of carbonyl (C=O) groups excluding carboxylic acids is 3. The summed E-state index contributed by atoms with van der Waals surface area (Å²) >= 11 is 0. The molecule has 0 aliphatic carbocycles. The Morgan fingerprint density at radius 3 is 2.00 bits per heavy atom. The summed E-state index contributed by atoms with van der Waals surface area (Å²) in [5.41, 5.74) is 12.1. The van der Waals surface area contributed by atoms with Crippen LogP contribution in [-0.2, 0) is 25.6 Å². The molecular formula is C23H37N5O7. The van der Waals surface area contributed by atoms with Crippen LogP contribution in [0.15, 0.2) is 24.3 Å². The van der Waals surface area contributed by atoms with Crippen LogP contribution in [0.4, 0.5) is 0 Å². The summed E-state index contributed by atoms with van der Waals surface area (Å²) in [7, 11) is 0. The average Bonchev–Trinajstić information content (AvgIpc) is 2.80. The molecule has 12 heteroatoms. The molecule has 0 aliphatic rings. The van der Waals surface area contributed by atoms with Crippen molar-refractivity contribution in [3.63, 3.8) is 0 Å². The molecular weight excluding hydrogens is 458 g/mol. The number of benzene rings is 1. The van der Waals surface area contributed by atoms with E-state index in [0.29, 0.717) is 24.9 Å². The molecule has 1 aromatic carbocycles. The van der Waals surface area contributed by atoms with E-state index >= 15 is 0 Å². The Hall–Kier alpha value is -3.22. The number of nitrogens with one attached hydrogen (secondary N) is 3. The fourth-order valence-electron chi connectivity index (χ4n) is 3.25. The molecule has 0 bridgehead atoms. The molecule has 0 unspecified atom stereocenters. The van der Waals surface area contributed by atoms with Gasteiger partial charge in [-0.25, -0.2) is 4.79 Å². The van der Waals surface area contributed by atoms with Crippen molar-refractivity contribution in [2.24, 2.45) is 17.4 Å². The Labute approximate surface area is 204 Å². The maximum atomic E-state index is 12.8. The number of hydrogen-bond acceptors (Lipinski definition) is 8. The second kappa shape index (κ2) is 14.9. The summed E-state index contributed by atoms with van der Waals surface area (Å²) in [5, 5.41) is 35.6.